The monoisotopic (exact) mass is 404 g/mol. The Kier molecular flexibility index (Phi) is 7.71. The van der Waals surface area contributed by atoms with Crippen LogP contribution in [0.4, 0.5) is 10.5 Å². The number of nitrogens with zero attached hydrogens (tertiary/aromatic N) is 3. The Morgan fingerprint density at radius 3 is 2.52 bits per heavy atom. The molecule has 2 aliphatic heterocycles. The average molecular weight is 405 g/mol. The van der Waals surface area contributed by atoms with Crippen LogP contribution in [0.3, 0.4) is 0 Å². The number of benzene rings is 1. The minimum Gasteiger partial charge on any atom is -0.495 e. The van der Waals surface area contributed by atoms with Crippen molar-refractivity contribution >= 4 is 17.6 Å². The number of methoxy groups -OCH3 is 1. The molecule has 0 bridgehead atoms. The number of anilines is 1. The Morgan fingerprint density at radius 1 is 1.17 bits per heavy atom. The number of amides is 3. The predicted octanol–water partition coefficient (Wildman–Crippen LogP) is 1.87. The van der Waals surface area contributed by atoms with Gasteiger partial charge in [-0.3, -0.25) is 9.69 Å². The second kappa shape index (κ2) is 10.5. The third-order valence-corrected chi connectivity index (χ3v) is 5.72. The number of carbonyl (C=O) groups is 2. The lowest BCUT2D eigenvalue weighted by Gasteiger charge is -2.39. The van der Waals surface area contributed by atoms with Crippen LogP contribution in [0.25, 0.3) is 0 Å². The Morgan fingerprint density at radius 2 is 1.86 bits per heavy atom. The van der Waals surface area contributed by atoms with Crippen molar-refractivity contribution < 1.29 is 19.1 Å². The number of piperidine rings is 1. The summed E-state index contributed by atoms with van der Waals surface area (Å²) in [6.45, 7) is 7.71. The molecule has 0 aromatic heterocycles. The van der Waals surface area contributed by atoms with Crippen molar-refractivity contribution in [2.24, 2.45) is 0 Å². The molecule has 8 heteroatoms. The molecule has 0 aliphatic carbocycles. The molecule has 8 nitrogen and oxygen atoms in total. The number of rotatable bonds is 6. The van der Waals surface area contributed by atoms with Gasteiger partial charge in [0, 0.05) is 52.2 Å². The minimum atomic E-state index is -0.121. The number of likely N-dealkylation sites (tertiary alicyclic amines) is 1. The highest BCUT2D eigenvalue weighted by Crippen LogP contribution is 2.25. The number of nitrogens with one attached hydrogen (secondary N) is 1. The summed E-state index contributed by atoms with van der Waals surface area (Å²) in [6, 6.07) is 7.42. The summed E-state index contributed by atoms with van der Waals surface area (Å²) in [5.41, 5.74) is 0.664. The van der Waals surface area contributed by atoms with Crippen molar-refractivity contribution in [2.75, 3.05) is 64.9 Å². The number of hydrogen-bond acceptors (Lipinski definition) is 5. The molecule has 0 spiro atoms. The normalized spacial score (nSPS) is 18.3. The zero-order chi connectivity index (χ0) is 20.6. The van der Waals surface area contributed by atoms with E-state index in [0.29, 0.717) is 31.1 Å². The third-order valence-electron chi connectivity index (χ3n) is 5.72. The molecule has 3 rings (SSSR count). The second-order valence-corrected chi connectivity index (χ2v) is 7.52. The Labute approximate surface area is 172 Å². The number of para-hydroxylation sites is 2. The molecule has 2 saturated heterocycles. The highest BCUT2D eigenvalue weighted by molar-refractivity contribution is 5.91. The lowest BCUT2D eigenvalue weighted by atomic mass is 10.0. The van der Waals surface area contributed by atoms with Crippen molar-refractivity contribution in [3.63, 3.8) is 0 Å². The lowest BCUT2D eigenvalue weighted by molar-refractivity contribution is -0.130. The SMILES string of the molecule is COc1ccccc1NC(=O)N(CCN1CCOCC1)C1CCN(C(C)=O)CC1. The van der Waals surface area contributed by atoms with Crippen molar-refractivity contribution in [3.05, 3.63) is 24.3 Å². The zero-order valence-electron chi connectivity index (χ0n) is 17.4. The van der Waals surface area contributed by atoms with Gasteiger partial charge >= 0.3 is 6.03 Å². The molecule has 1 aromatic carbocycles. The van der Waals surface area contributed by atoms with E-state index in [2.05, 4.69) is 10.2 Å². The lowest BCUT2D eigenvalue weighted by Crippen LogP contribution is -2.52. The van der Waals surface area contributed by atoms with Gasteiger partial charge in [-0.15, -0.1) is 0 Å². The summed E-state index contributed by atoms with van der Waals surface area (Å²) in [6.07, 6.45) is 1.59. The number of morpholine rings is 1. The van der Waals surface area contributed by atoms with E-state index in [0.717, 1.165) is 45.7 Å². The molecule has 0 atom stereocenters. The van der Waals surface area contributed by atoms with Crippen LogP contribution in [0.15, 0.2) is 24.3 Å². The van der Waals surface area contributed by atoms with E-state index in [4.69, 9.17) is 9.47 Å². The average Bonchev–Trinajstić information content (AvgIpc) is 2.75. The van der Waals surface area contributed by atoms with Crippen molar-refractivity contribution in [3.8, 4) is 5.75 Å². The van der Waals surface area contributed by atoms with E-state index >= 15 is 0 Å². The summed E-state index contributed by atoms with van der Waals surface area (Å²) >= 11 is 0. The fraction of sp³-hybridized carbons (Fsp3) is 0.619. The Balaban J connectivity index is 1.67. The predicted molar refractivity (Wildman–Crippen MR) is 111 cm³/mol. The van der Waals surface area contributed by atoms with E-state index in [-0.39, 0.29) is 18.0 Å². The minimum absolute atomic E-state index is 0.0989. The summed E-state index contributed by atoms with van der Waals surface area (Å²) in [7, 11) is 1.60. The standard InChI is InChI=1S/C21H32N4O4/c1-17(26)24-9-7-18(8-10-24)25(12-11-23-13-15-29-16-14-23)21(27)22-19-5-3-4-6-20(19)28-2/h3-6,18H,7-16H2,1-2H3,(H,22,27). The van der Waals surface area contributed by atoms with E-state index in [1.54, 1.807) is 14.0 Å². The zero-order valence-corrected chi connectivity index (χ0v) is 17.4. The highest BCUT2D eigenvalue weighted by Gasteiger charge is 2.29. The molecule has 3 amide bonds. The van der Waals surface area contributed by atoms with Crippen LogP contribution in [0.5, 0.6) is 5.75 Å². The third kappa shape index (κ3) is 5.83. The molecule has 0 saturated carbocycles. The van der Waals surface area contributed by atoms with Gasteiger partial charge in [0.1, 0.15) is 5.75 Å². The number of carbonyl (C=O) groups excluding carboxylic acids is 2. The van der Waals surface area contributed by atoms with E-state index in [1.165, 1.54) is 0 Å². The molecule has 160 valence electrons. The van der Waals surface area contributed by atoms with Gasteiger partial charge in [0.2, 0.25) is 5.91 Å². The van der Waals surface area contributed by atoms with Gasteiger partial charge < -0.3 is 24.6 Å². The van der Waals surface area contributed by atoms with Gasteiger partial charge in [-0.25, -0.2) is 4.79 Å². The first-order valence-electron chi connectivity index (χ1n) is 10.3. The van der Waals surface area contributed by atoms with Crippen LogP contribution in [-0.2, 0) is 9.53 Å². The first kappa shape index (κ1) is 21.4. The summed E-state index contributed by atoms with van der Waals surface area (Å²) < 4.78 is 10.8. The number of ether oxygens (including phenoxy) is 2. The number of hydrogen-bond donors (Lipinski definition) is 1. The van der Waals surface area contributed by atoms with E-state index in [1.807, 2.05) is 34.1 Å². The van der Waals surface area contributed by atoms with Gasteiger partial charge in [0.05, 0.1) is 26.0 Å². The topological polar surface area (TPSA) is 74.4 Å². The maximum Gasteiger partial charge on any atom is 0.322 e. The summed E-state index contributed by atoms with van der Waals surface area (Å²) in [5, 5.41) is 3.02. The molecule has 2 heterocycles. The van der Waals surface area contributed by atoms with Gasteiger partial charge in [-0.2, -0.15) is 0 Å². The molecule has 0 radical (unpaired) electrons. The molecular weight excluding hydrogens is 372 g/mol. The van der Waals surface area contributed by atoms with Gasteiger partial charge in [-0.05, 0) is 25.0 Å². The van der Waals surface area contributed by atoms with Crippen molar-refractivity contribution in [2.45, 2.75) is 25.8 Å². The summed E-state index contributed by atoms with van der Waals surface area (Å²) in [4.78, 5) is 31.0. The van der Waals surface area contributed by atoms with E-state index in [9.17, 15) is 9.59 Å². The molecule has 2 fully saturated rings. The first-order valence-corrected chi connectivity index (χ1v) is 10.3. The van der Waals surface area contributed by atoms with Gasteiger partial charge in [0.15, 0.2) is 0 Å². The smallest absolute Gasteiger partial charge is 0.322 e. The number of urea groups is 1. The fourth-order valence-corrected chi connectivity index (χ4v) is 3.95. The second-order valence-electron chi connectivity index (χ2n) is 7.52. The van der Waals surface area contributed by atoms with Crippen LogP contribution in [0.2, 0.25) is 0 Å². The van der Waals surface area contributed by atoms with Crippen LogP contribution in [0.1, 0.15) is 19.8 Å². The Hall–Kier alpha value is -2.32. The Bertz CT molecular complexity index is 685. The maximum absolute atomic E-state index is 13.2. The molecule has 29 heavy (non-hydrogen) atoms. The molecular formula is C21H32N4O4. The van der Waals surface area contributed by atoms with Crippen molar-refractivity contribution in [1.29, 1.82) is 0 Å². The van der Waals surface area contributed by atoms with Crippen LogP contribution < -0.4 is 10.1 Å². The van der Waals surface area contributed by atoms with Gasteiger partial charge in [0.25, 0.3) is 0 Å². The summed E-state index contributed by atoms with van der Waals surface area (Å²) in [5.74, 6) is 0.738. The fourth-order valence-electron chi connectivity index (χ4n) is 3.95. The van der Waals surface area contributed by atoms with Crippen LogP contribution >= 0.6 is 0 Å². The first-order chi connectivity index (χ1) is 14.1. The highest BCUT2D eigenvalue weighted by atomic mass is 16.5. The molecule has 2 aliphatic rings. The molecule has 1 N–H and O–H groups in total. The molecule has 1 aromatic rings. The van der Waals surface area contributed by atoms with Crippen LogP contribution in [-0.4, -0.2) is 92.3 Å². The van der Waals surface area contributed by atoms with Crippen molar-refractivity contribution in [1.82, 2.24) is 14.7 Å². The van der Waals surface area contributed by atoms with Gasteiger partial charge in [-0.1, -0.05) is 12.1 Å². The van der Waals surface area contributed by atoms with E-state index < -0.39 is 0 Å². The van der Waals surface area contributed by atoms with Crippen LogP contribution in [0, 0.1) is 0 Å². The quantitative estimate of drug-likeness (QED) is 0.784. The molecule has 0 unspecified atom stereocenters. The largest absolute Gasteiger partial charge is 0.495 e. The maximum atomic E-state index is 13.2.